The lowest BCUT2D eigenvalue weighted by atomic mass is 10.4. The molecule has 0 bridgehead atoms. The molecule has 0 aromatic carbocycles. The third-order valence-corrected chi connectivity index (χ3v) is 3.86. The Balaban J connectivity index is 2.42. The lowest BCUT2D eigenvalue weighted by Crippen LogP contribution is -2.25. The Hall–Kier alpha value is -2.68. The van der Waals surface area contributed by atoms with Gasteiger partial charge in [0.25, 0.3) is 11.1 Å². The van der Waals surface area contributed by atoms with Gasteiger partial charge in [-0.15, -0.1) is 6.58 Å². The fourth-order valence-electron chi connectivity index (χ4n) is 2.23. The molecule has 0 aliphatic carbocycles. The van der Waals surface area contributed by atoms with Crippen molar-refractivity contribution in [2.45, 2.75) is 11.7 Å². The van der Waals surface area contributed by atoms with Crippen LogP contribution in [0, 0.1) is 0 Å². The monoisotopic (exact) mass is 330 g/mol. The third-order valence-electron chi connectivity index (χ3n) is 3.30. The molecule has 3 rings (SSSR count). The topological polar surface area (TPSA) is 87.6 Å². The van der Waals surface area contributed by atoms with E-state index in [0.717, 1.165) is 0 Å². The first-order chi connectivity index (χ1) is 11.1. The number of aromatic nitrogens is 6. The van der Waals surface area contributed by atoms with E-state index in [2.05, 4.69) is 21.6 Å². The molecule has 0 radical (unpaired) electrons. The smallest absolute Gasteiger partial charge is 0.268 e. The molecule has 3 heterocycles. The second-order valence-electron chi connectivity index (χ2n) is 4.74. The molecular weight excluding hydrogens is 316 g/mol. The number of allylic oxidation sites excluding steroid dienone is 1. The molecule has 0 amide bonds. The molecule has 118 valence electrons. The zero-order valence-electron chi connectivity index (χ0n) is 12.6. The molecule has 0 atom stereocenters. The maximum atomic E-state index is 12.6. The summed E-state index contributed by atoms with van der Waals surface area (Å²) < 4.78 is 4.25. The first-order valence-electron chi connectivity index (χ1n) is 6.75. The molecule has 23 heavy (non-hydrogen) atoms. The van der Waals surface area contributed by atoms with Gasteiger partial charge in [-0.25, -0.2) is 24.0 Å². The van der Waals surface area contributed by atoms with Gasteiger partial charge < -0.3 is 0 Å². The van der Waals surface area contributed by atoms with Crippen molar-refractivity contribution in [2.75, 3.05) is 6.26 Å². The summed E-state index contributed by atoms with van der Waals surface area (Å²) in [6.45, 7) is 3.96. The predicted molar refractivity (Wildman–Crippen MR) is 88.1 cm³/mol. The predicted octanol–water partition coefficient (Wildman–Crippen LogP) is 0.584. The van der Waals surface area contributed by atoms with E-state index in [-0.39, 0.29) is 17.7 Å². The fourth-order valence-corrected chi connectivity index (χ4v) is 2.57. The zero-order chi connectivity index (χ0) is 16.6. The highest BCUT2D eigenvalue weighted by molar-refractivity contribution is 7.98. The standard InChI is InChI=1S/C14H14N6O2S/c1-4-7-19-13(22)9-8-15-14(23-3)16-12(9)20(19)10-5-6-11(21)18(2)17-10/h4-6,8H,1,7H2,2-3H3. The number of aryl methyl sites for hydroxylation is 1. The second kappa shape index (κ2) is 5.84. The first kappa shape index (κ1) is 15.2. The zero-order valence-corrected chi connectivity index (χ0v) is 13.4. The number of fused-ring (bicyclic) bond motifs is 1. The molecule has 0 spiro atoms. The van der Waals surface area contributed by atoms with E-state index >= 15 is 0 Å². The summed E-state index contributed by atoms with van der Waals surface area (Å²) in [5.74, 6) is 0.423. The highest BCUT2D eigenvalue weighted by Gasteiger charge is 2.17. The average molecular weight is 330 g/mol. The van der Waals surface area contributed by atoms with Gasteiger partial charge >= 0.3 is 0 Å². The van der Waals surface area contributed by atoms with Crippen LogP contribution in [0.15, 0.2) is 45.7 Å². The summed E-state index contributed by atoms with van der Waals surface area (Å²) in [5, 5.41) is 5.15. The van der Waals surface area contributed by atoms with Crippen LogP contribution < -0.4 is 11.1 Å². The van der Waals surface area contributed by atoms with Gasteiger partial charge in [0.15, 0.2) is 16.6 Å². The Kier molecular flexibility index (Phi) is 3.87. The molecule has 0 fully saturated rings. The summed E-state index contributed by atoms with van der Waals surface area (Å²) in [7, 11) is 1.55. The Morgan fingerprint density at radius 3 is 2.78 bits per heavy atom. The minimum absolute atomic E-state index is 0.233. The van der Waals surface area contributed by atoms with Crippen molar-refractivity contribution in [3.05, 3.63) is 51.7 Å². The summed E-state index contributed by atoms with van der Waals surface area (Å²) in [4.78, 5) is 32.7. The minimum Gasteiger partial charge on any atom is -0.268 e. The summed E-state index contributed by atoms with van der Waals surface area (Å²) in [6.07, 6.45) is 4.98. The summed E-state index contributed by atoms with van der Waals surface area (Å²) >= 11 is 1.38. The van der Waals surface area contributed by atoms with Crippen molar-refractivity contribution >= 4 is 22.8 Å². The van der Waals surface area contributed by atoms with Crippen LogP contribution in [0.2, 0.25) is 0 Å². The van der Waals surface area contributed by atoms with E-state index in [1.165, 1.54) is 33.4 Å². The van der Waals surface area contributed by atoms with Crippen LogP contribution in [-0.2, 0) is 13.6 Å². The fraction of sp³-hybridized carbons (Fsp3) is 0.214. The van der Waals surface area contributed by atoms with E-state index in [0.29, 0.717) is 22.0 Å². The Labute approximate surface area is 135 Å². The Morgan fingerprint density at radius 1 is 1.35 bits per heavy atom. The number of rotatable bonds is 4. The van der Waals surface area contributed by atoms with Gasteiger partial charge in [0, 0.05) is 19.3 Å². The maximum absolute atomic E-state index is 12.6. The van der Waals surface area contributed by atoms with Crippen LogP contribution in [0.4, 0.5) is 0 Å². The van der Waals surface area contributed by atoms with Crippen LogP contribution in [0.5, 0.6) is 0 Å². The van der Waals surface area contributed by atoms with Crippen LogP contribution in [-0.4, -0.2) is 35.4 Å². The first-order valence-corrected chi connectivity index (χ1v) is 7.97. The maximum Gasteiger partial charge on any atom is 0.278 e. The SMILES string of the molecule is C=CCn1c(=O)c2cnc(SC)nc2n1-c1ccc(=O)n(C)n1. The van der Waals surface area contributed by atoms with Crippen molar-refractivity contribution in [2.24, 2.45) is 7.05 Å². The lowest BCUT2D eigenvalue weighted by Gasteiger charge is -2.10. The van der Waals surface area contributed by atoms with Gasteiger partial charge in [-0.3, -0.25) is 9.59 Å². The molecule has 3 aromatic heterocycles. The van der Waals surface area contributed by atoms with E-state index in [4.69, 9.17) is 0 Å². The normalized spacial score (nSPS) is 11.0. The van der Waals surface area contributed by atoms with Gasteiger partial charge in [-0.05, 0) is 12.3 Å². The second-order valence-corrected chi connectivity index (χ2v) is 5.51. The minimum atomic E-state index is -0.234. The van der Waals surface area contributed by atoms with Gasteiger partial charge in [0.1, 0.15) is 5.39 Å². The largest absolute Gasteiger partial charge is 0.278 e. The molecule has 9 heteroatoms. The summed E-state index contributed by atoms with van der Waals surface area (Å²) in [6, 6.07) is 2.95. The van der Waals surface area contributed by atoms with Crippen molar-refractivity contribution in [3.63, 3.8) is 0 Å². The quantitative estimate of drug-likeness (QED) is 0.395. The number of thioether (sulfide) groups is 1. The van der Waals surface area contributed by atoms with Gasteiger partial charge in [0.2, 0.25) is 0 Å². The van der Waals surface area contributed by atoms with Gasteiger partial charge in [-0.2, -0.15) is 5.10 Å². The van der Waals surface area contributed by atoms with E-state index < -0.39 is 0 Å². The summed E-state index contributed by atoms with van der Waals surface area (Å²) in [5.41, 5.74) is -0.0205. The van der Waals surface area contributed by atoms with Gasteiger partial charge in [-0.1, -0.05) is 17.8 Å². The van der Waals surface area contributed by atoms with Gasteiger partial charge in [0.05, 0.1) is 6.54 Å². The molecular formula is C14H14N6O2S. The molecule has 0 aliphatic rings. The van der Waals surface area contributed by atoms with Crippen molar-refractivity contribution in [1.82, 2.24) is 29.1 Å². The molecule has 0 saturated carbocycles. The van der Waals surface area contributed by atoms with E-state index in [1.54, 1.807) is 23.9 Å². The number of hydrogen-bond donors (Lipinski definition) is 0. The van der Waals surface area contributed by atoms with E-state index in [1.807, 2.05) is 6.26 Å². The van der Waals surface area contributed by atoms with Crippen LogP contribution in [0.1, 0.15) is 0 Å². The number of nitrogens with zero attached hydrogens (tertiary/aromatic N) is 6. The molecule has 8 nitrogen and oxygen atoms in total. The molecule has 0 N–H and O–H groups in total. The van der Waals surface area contributed by atoms with Crippen LogP contribution in [0.3, 0.4) is 0 Å². The Bertz CT molecular complexity index is 1020. The molecule has 0 saturated heterocycles. The van der Waals surface area contributed by atoms with Crippen LogP contribution >= 0.6 is 11.8 Å². The number of hydrogen-bond acceptors (Lipinski definition) is 6. The highest BCUT2D eigenvalue weighted by Crippen LogP contribution is 2.16. The third kappa shape index (κ3) is 2.48. The van der Waals surface area contributed by atoms with E-state index in [9.17, 15) is 9.59 Å². The average Bonchev–Trinajstić information content (AvgIpc) is 2.82. The van der Waals surface area contributed by atoms with Crippen molar-refractivity contribution in [3.8, 4) is 5.82 Å². The molecule has 0 aliphatic heterocycles. The molecule has 3 aromatic rings. The van der Waals surface area contributed by atoms with Crippen molar-refractivity contribution < 1.29 is 0 Å². The van der Waals surface area contributed by atoms with Crippen LogP contribution in [0.25, 0.3) is 16.9 Å². The van der Waals surface area contributed by atoms with Crippen molar-refractivity contribution in [1.29, 1.82) is 0 Å². The molecule has 0 unspecified atom stereocenters. The Morgan fingerprint density at radius 2 is 2.13 bits per heavy atom. The highest BCUT2D eigenvalue weighted by atomic mass is 32.2. The lowest BCUT2D eigenvalue weighted by molar-refractivity contribution is 0.574.